The number of aliphatic hydroxyl groups excluding tert-OH is 1. The number of benzene rings is 2. The first-order valence-electron chi connectivity index (χ1n) is 6.40. The molecule has 21 heavy (non-hydrogen) atoms. The number of primary amides is 1. The fourth-order valence-electron chi connectivity index (χ4n) is 1.76. The highest BCUT2D eigenvalue weighted by molar-refractivity contribution is 5.92. The van der Waals surface area contributed by atoms with Crippen LogP contribution in [-0.2, 0) is 6.61 Å². The summed E-state index contributed by atoms with van der Waals surface area (Å²) in [5, 5.41) is 8.68. The van der Waals surface area contributed by atoms with Crippen LogP contribution in [0.1, 0.15) is 21.5 Å². The number of amides is 1. The lowest BCUT2D eigenvalue weighted by Gasteiger charge is -2.07. The predicted molar refractivity (Wildman–Crippen MR) is 79.7 cm³/mol. The molecule has 0 saturated carbocycles. The van der Waals surface area contributed by atoms with Crippen LogP contribution in [0.2, 0.25) is 0 Å². The van der Waals surface area contributed by atoms with Crippen LogP contribution in [0.15, 0.2) is 48.5 Å². The Labute approximate surface area is 123 Å². The minimum Gasteiger partial charge on any atom is -0.489 e. The molecule has 0 aliphatic heterocycles. The Morgan fingerprint density at radius 2 is 1.95 bits per heavy atom. The molecular weight excluding hydrogens is 266 g/mol. The smallest absolute Gasteiger partial charge is 0.248 e. The standard InChI is InChI=1S/C17H15NO3/c18-17(20)15-6-8-16(9-7-15)21-12-14-4-1-3-13(11-14)5-2-10-19/h1,3-4,6-9,11,19H,10,12H2,(H2,18,20). The molecule has 0 aliphatic rings. The average Bonchev–Trinajstić information content (AvgIpc) is 2.52. The number of carbonyl (C=O) groups excluding carboxylic acids is 1. The maximum atomic E-state index is 11.0. The summed E-state index contributed by atoms with van der Waals surface area (Å²) < 4.78 is 5.64. The van der Waals surface area contributed by atoms with Crippen LogP contribution in [-0.4, -0.2) is 17.6 Å². The molecule has 0 saturated heterocycles. The molecular formula is C17H15NO3. The molecule has 3 N–H and O–H groups in total. The molecule has 4 nitrogen and oxygen atoms in total. The SMILES string of the molecule is NC(=O)c1ccc(OCc2cccc(C#CCO)c2)cc1. The van der Waals surface area contributed by atoms with Gasteiger partial charge in [0.05, 0.1) is 0 Å². The summed E-state index contributed by atoms with van der Waals surface area (Å²) in [6.07, 6.45) is 0. The number of aliphatic hydroxyl groups is 1. The highest BCUT2D eigenvalue weighted by Crippen LogP contribution is 2.14. The quantitative estimate of drug-likeness (QED) is 0.838. The average molecular weight is 281 g/mol. The van der Waals surface area contributed by atoms with E-state index in [2.05, 4.69) is 11.8 Å². The van der Waals surface area contributed by atoms with Crippen LogP contribution in [0.3, 0.4) is 0 Å². The minimum atomic E-state index is -0.461. The van der Waals surface area contributed by atoms with E-state index in [0.29, 0.717) is 17.9 Å². The van der Waals surface area contributed by atoms with Crippen molar-refractivity contribution < 1.29 is 14.6 Å². The van der Waals surface area contributed by atoms with E-state index in [0.717, 1.165) is 11.1 Å². The van der Waals surface area contributed by atoms with E-state index in [1.807, 2.05) is 24.3 Å². The third kappa shape index (κ3) is 4.37. The molecule has 0 aliphatic carbocycles. The van der Waals surface area contributed by atoms with Crippen molar-refractivity contribution in [3.63, 3.8) is 0 Å². The molecule has 106 valence electrons. The van der Waals surface area contributed by atoms with Crippen LogP contribution in [0.4, 0.5) is 0 Å². The second-order valence-corrected chi connectivity index (χ2v) is 4.34. The zero-order valence-electron chi connectivity index (χ0n) is 11.4. The van der Waals surface area contributed by atoms with Gasteiger partial charge >= 0.3 is 0 Å². The maximum absolute atomic E-state index is 11.0. The van der Waals surface area contributed by atoms with Gasteiger partial charge in [0, 0.05) is 11.1 Å². The summed E-state index contributed by atoms with van der Waals surface area (Å²) in [5.41, 5.74) is 7.42. The van der Waals surface area contributed by atoms with Gasteiger partial charge in [-0.2, -0.15) is 0 Å². The Bertz CT molecular complexity index is 681. The van der Waals surface area contributed by atoms with Crippen molar-refractivity contribution in [1.29, 1.82) is 0 Å². The van der Waals surface area contributed by atoms with Crippen molar-refractivity contribution in [2.24, 2.45) is 5.73 Å². The number of rotatable bonds is 4. The second-order valence-electron chi connectivity index (χ2n) is 4.34. The Kier molecular flexibility index (Phi) is 4.97. The number of carbonyl (C=O) groups is 1. The van der Waals surface area contributed by atoms with Crippen molar-refractivity contribution >= 4 is 5.91 Å². The molecule has 4 heteroatoms. The molecule has 2 aromatic rings. The Balaban J connectivity index is 2.01. The molecule has 2 rings (SSSR count). The topological polar surface area (TPSA) is 72.6 Å². The Morgan fingerprint density at radius 1 is 1.19 bits per heavy atom. The second kappa shape index (κ2) is 7.13. The van der Waals surface area contributed by atoms with Gasteiger partial charge in [-0.05, 0) is 42.0 Å². The first-order chi connectivity index (χ1) is 10.2. The zero-order valence-corrected chi connectivity index (χ0v) is 11.4. The minimum absolute atomic E-state index is 0.160. The fourth-order valence-corrected chi connectivity index (χ4v) is 1.76. The van der Waals surface area contributed by atoms with E-state index < -0.39 is 5.91 Å². The van der Waals surface area contributed by atoms with Gasteiger partial charge in [0.15, 0.2) is 0 Å². The summed E-state index contributed by atoms with van der Waals surface area (Å²) in [6, 6.07) is 14.2. The van der Waals surface area contributed by atoms with Crippen molar-refractivity contribution in [3.8, 4) is 17.6 Å². The van der Waals surface area contributed by atoms with Crippen LogP contribution in [0, 0.1) is 11.8 Å². The van der Waals surface area contributed by atoms with Gasteiger partial charge in [-0.25, -0.2) is 0 Å². The van der Waals surface area contributed by atoms with Gasteiger partial charge in [0.2, 0.25) is 5.91 Å². The highest BCUT2D eigenvalue weighted by atomic mass is 16.5. The van der Waals surface area contributed by atoms with E-state index in [9.17, 15) is 4.79 Å². The van der Waals surface area contributed by atoms with Crippen molar-refractivity contribution in [2.45, 2.75) is 6.61 Å². The lowest BCUT2D eigenvalue weighted by atomic mass is 10.1. The molecule has 1 amide bonds. The third-order valence-electron chi connectivity index (χ3n) is 2.78. The van der Waals surface area contributed by atoms with Crippen LogP contribution in [0.5, 0.6) is 5.75 Å². The molecule has 2 aromatic carbocycles. The summed E-state index contributed by atoms with van der Waals surface area (Å²) in [6.45, 7) is 0.234. The lowest BCUT2D eigenvalue weighted by Crippen LogP contribution is -2.10. The normalized spacial score (nSPS) is 9.57. The van der Waals surface area contributed by atoms with Crippen LogP contribution < -0.4 is 10.5 Å². The monoisotopic (exact) mass is 281 g/mol. The molecule has 0 unspecified atom stereocenters. The first kappa shape index (κ1) is 14.6. The first-order valence-corrected chi connectivity index (χ1v) is 6.40. The van der Waals surface area contributed by atoms with E-state index in [1.54, 1.807) is 24.3 Å². The Hall–Kier alpha value is -2.77. The van der Waals surface area contributed by atoms with Gasteiger partial charge in [0.25, 0.3) is 0 Å². The number of hydrogen-bond acceptors (Lipinski definition) is 3. The van der Waals surface area contributed by atoms with Gasteiger partial charge in [-0.15, -0.1) is 0 Å². The maximum Gasteiger partial charge on any atom is 0.248 e. The van der Waals surface area contributed by atoms with Gasteiger partial charge in [0.1, 0.15) is 19.0 Å². The molecule has 0 aromatic heterocycles. The highest BCUT2D eigenvalue weighted by Gasteiger charge is 2.01. The summed E-state index contributed by atoms with van der Waals surface area (Å²) >= 11 is 0. The fraction of sp³-hybridized carbons (Fsp3) is 0.118. The van der Waals surface area contributed by atoms with Gasteiger partial charge in [-0.3, -0.25) is 4.79 Å². The van der Waals surface area contributed by atoms with E-state index in [-0.39, 0.29) is 6.61 Å². The zero-order chi connectivity index (χ0) is 15.1. The summed E-state index contributed by atoms with van der Waals surface area (Å²) in [5.74, 6) is 5.65. The number of ether oxygens (including phenoxy) is 1. The number of nitrogens with two attached hydrogens (primary N) is 1. The van der Waals surface area contributed by atoms with Gasteiger partial charge < -0.3 is 15.6 Å². The summed E-state index contributed by atoms with van der Waals surface area (Å²) in [7, 11) is 0. The summed E-state index contributed by atoms with van der Waals surface area (Å²) in [4.78, 5) is 11.0. The van der Waals surface area contributed by atoms with Crippen molar-refractivity contribution in [2.75, 3.05) is 6.61 Å². The lowest BCUT2D eigenvalue weighted by molar-refractivity contribution is 0.1000. The molecule has 0 bridgehead atoms. The van der Waals surface area contributed by atoms with E-state index in [1.165, 1.54) is 0 Å². The largest absolute Gasteiger partial charge is 0.489 e. The Morgan fingerprint density at radius 3 is 2.62 bits per heavy atom. The van der Waals surface area contributed by atoms with Crippen molar-refractivity contribution in [1.82, 2.24) is 0 Å². The predicted octanol–water partition coefficient (Wildman–Crippen LogP) is 1.71. The molecule has 0 radical (unpaired) electrons. The van der Waals surface area contributed by atoms with E-state index in [4.69, 9.17) is 15.6 Å². The molecule has 0 atom stereocenters. The molecule has 0 spiro atoms. The molecule has 0 heterocycles. The van der Waals surface area contributed by atoms with Crippen LogP contribution >= 0.6 is 0 Å². The number of hydrogen-bond donors (Lipinski definition) is 2. The third-order valence-corrected chi connectivity index (χ3v) is 2.78. The van der Waals surface area contributed by atoms with Crippen molar-refractivity contribution in [3.05, 3.63) is 65.2 Å². The van der Waals surface area contributed by atoms with Crippen LogP contribution in [0.25, 0.3) is 0 Å². The van der Waals surface area contributed by atoms with Gasteiger partial charge in [-0.1, -0.05) is 24.0 Å². The van der Waals surface area contributed by atoms with E-state index >= 15 is 0 Å². The molecule has 0 fully saturated rings.